The molecular formula is C29H26BrN3O3. The lowest BCUT2D eigenvalue weighted by Gasteiger charge is -2.30. The molecule has 36 heavy (non-hydrogen) atoms. The molecule has 1 aliphatic rings. The molecule has 0 aliphatic carbocycles. The van der Waals surface area contributed by atoms with Crippen molar-refractivity contribution in [1.82, 2.24) is 14.5 Å². The first-order chi connectivity index (χ1) is 17.5. The number of amides is 1. The highest BCUT2D eigenvalue weighted by molar-refractivity contribution is 9.10. The summed E-state index contributed by atoms with van der Waals surface area (Å²) in [6.07, 6.45) is 0.567. The summed E-state index contributed by atoms with van der Waals surface area (Å²) in [4.78, 5) is 33.3. The van der Waals surface area contributed by atoms with E-state index in [0.29, 0.717) is 42.2 Å². The van der Waals surface area contributed by atoms with E-state index in [2.05, 4.69) is 15.9 Å². The van der Waals surface area contributed by atoms with Crippen molar-refractivity contribution in [2.75, 3.05) is 6.54 Å². The summed E-state index contributed by atoms with van der Waals surface area (Å²) >= 11 is 3.38. The molecule has 3 aromatic carbocycles. The smallest absolute Gasteiger partial charge is 0.410 e. The van der Waals surface area contributed by atoms with Crippen LogP contribution in [0.1, 0.15) is 41.2 Å². The summed E-state index contributed by atoms with van der Waals surface area (Å²) in [6.45, 7) is 2.64. The lowest BCUT2D eigenvalue weighted by molar-refractivity contribution is 0.145. The van der Waals surface area contributed by atoms with E-state index in [0.717, 1.165) is 15.6 Å². The van der Waals surface area contributed by atoms with Crippen molar-refractivity contribution in [3.05, 3.63) is 128 Å². The summed E-state index contributed by atoms with van der Waals surface area (Å²) in [5.74, 6) is 1.17. The number of hydrogen-bond donors (Lipinski definition) is 0. The molecule has 0 saturated carbocycles. The fraction of sp³-hybridized carbons (Fsp3) is 0.207. The number of benzene rings is 3. The number of ether oxygens (including phenoxy) is 1. The average molecular weight is 544 g/mol. The van der Waals surface area contributed by atoms with Crippen molar-refractivity contribution < 1.29 is 9.53 Å². The normalized spacial score (nSPS) is 12.9. The summed E-state index contributed by atoms with van der Waals surface area (Å²) in [7, 11) is 0. The molecule has 2 heterocycles. The predicted molar refractivity (Wildman–Crippen MR) is 142 cm³/mol. The van der Waals surface area contributed by atoms with E-state index in [1.54, 1.807) is 17.0 Å². The van der Waals surface area contributed by atoms with Crippen molar-refractivity contribution >= 4 is 22.0 Å². The van der Waals surface area contributed by atoms with Gasteiger partial charge in [0.05, 0.1) is 18.3 Å². The van der Waals surface area contributed by atoms with E-state index in [-0.39, 0.29) is 18.1 Å². The second-order valence-corrected chi connectivity index (χ2v) is 9.62. The van der Waals surface area contributed by atoms with Gasteiger partial charge >= 0.3 is 6.09 Å². The van der Waals surface area contributed by atoms with Gasteiger partial charge in [-0.25, -0.2) is 9.78 Å². The Balaban J connectivity index is 1.51. The zero-order chi connectivity index (χ0) is 25.1. The quantitative estimate of drug-likeness (QED) is 0.321. The predicted octanol–water partition coefficient (Wildman–Crippen LogP) is 5.76. The van der Waals surface area contributed by atoms with Crippen LogP contribution in [0.5, 0.6) is 5.75 Å². The summed E-state index contributed by atoms with van der Waals surface area (Å²) in [6, 6.07) is 26.9. The topological polar surface area (TPSA) is 64.4 Å². The lowest BCUT2D eigenvalue weighted by atomic mass is 9.97. The number of halogens is 1. The molecule has 1 aliphatic heterocycles. The Labute approximate surface area is 218 Å². The zero-order valence-electron chi connectivity index (χ0n) is 19.9. The van der Waals surface area contributed by atoms with Crippen molar-refractivity contribution in [2.45, 2.75) is 32.4 Å². The van der Waals surface area contributed by atoms with E-state index in [4.69, 9.17) is 9.72 Å². The molecule has 5 rings (SSSR count). The average Bonchev–Trinajstić information content (AvgIpc) is 2.92. The maximum atomic E-state index is 14.0. The highest BCUT2D eigenvalue weighted by Crippen LogP contribution is 2.28. The van der Waals surface area contributed by atoms with Crippen molar-refractivity contribution in [2.24, 2.45) is 0 Å². The van der Waals surface area contributed by atoms with Gasteiger partial charge in [0.25, 0.3) is 5.56 Å². The van der Waals surface area contributed by atoms with Crippen LogP contribution in [-0.4, -0.2) is 27.1 Å². The third kappa shape index (κ3) is 4.84. The highest BCUT2D eigenvalue weighted by Gasteiger charge is 2.29. The number of hydrogen-bond acceptors (Lipinski definition) is 4. The molecule has 1 amide bonds. The minimum atomic E-state index is -0.446. The molecule has 0 fully saturated rings. The van der Waals surface area contributed by atoms with E-state index in [1.807, 2.05) is 84.3 Å². The van der Waals surface area contributed by atoms with Crippen LogP contribution in [0, 0.1) is 0 Å². The van der Waals surface area contributed by atoms with Crippen LogP contribution in [0.2, 0.25) is 0 Å². The van der Waals surface area contributed by atoms with Crippen LogP contribution < -0.4 is 10.3 Å². The van der Waals surface area contributed by atoms with Gasteiger partial charge < -0.3 is 9.64 Å². The zero-order valence-corrected chi connectivity index (χ0v) is 21.5. The Kier molecular flexibility index (Phi) is 7.00. The van der Waals surface area contributed by atoms with Gasteiger partial charge in [-0.3, -0.25) is 9.36 Å². The molecule has 0 atom stereocenters. The second-order valence-electron chi connectivity index (χ2n) is 8.70. The molecule has 0 bridgehead atoms. The molecule has 1 aromatic heterocycles. The van der Waals surface area contributed by atoms with Crippen LogP contribution in [0.3, 0.4) is 0 Å². The fourth-order valence-corrected chi connectivity index (χ4v) is 4.92. The monoisotopic (exact) mass is 543 g/mol. The third-order valence-corrected chi connectivity index (χ3v) is 6.95. The molecule has 0 N–H and O–H groups in total. The molecule has 7 heteroatoms. The molecule has 4 aromatic rings. The number of nitrogens with zero attached hydrogens (tertiary/aromatic N) is 3. The van der Waals surface area contributed by atoms with Crippen molar-refractivity contribution in [1.29, 1.82) is 0 Å². The Hall–Kier alpha value is -3.71. The van der Waals surface area contributed by atoms with Crippen LogP contribution in [0.4, 0.5) is 4.79 Å². The lowest BCUT2D eigenvalue weighted by Crippen LogP contribution is -2.43. The number of aromatic nitrogens is 2. The Morgan fingerprint density at radius 1 is 0.972 bits per heavy atom. The van der Waals surface area contributed by atoms with Crippen LogP contribution in [0.25, 0.3) is 0 Å². The molecule has 0 radical (unpaired) electrons. The fourth-order valence-electron chi connectivity index (χ4n) is 4.65. The molecule has 6 nitrogen and oxygen atoms in total. The van der Waals surface area contributed by atoms with Crippen molar-refractivity contribution in [3.8, 4) is 5.75 Å². The van der Waals surface area contributed by atoms with Gasteiger partial charge in [-0.2, -0.15) is 0 Å². The second kappa shape index (κ2) is 10.5. The maximum absolute atomic E-state index is 14.0. The van der Waals surface area contributed by atoms with Gasteiger partial charge in [0.15, 0.2) is 0 Å². The molecular weight excluding hydrogens is 518 g/mol. The van der Waals surface area contributed by atoms with E-state index >= 15 is 0 Å². The third-order valence-electron chi connectivity index (χ3n) is 6.42. The highest BCUT2D eigenvalue weighted by atomic mass is 79.9. The molecule has 0 saturated heterocycles. The van der Waals surface area contributed by atoms with Gasteiger partial charge in [-0.05, 0) is 41.8 Å². The number of carbonyl (C=O) groups is 1. The van der Waals surface area contributed by atoms with Gasteiger partial charge in [-0.15, -0.1) is 0 Å². The van der Waals surface area contributed by atoms with Crippen LogP contribution >= 0.6 is 15.9 Å². The molecule has 0 spiro atoms. The van der Waals surface area contributed by atoms with Gasteiger partial charge in [0.1, 0.15) is 11.6 Å². The molecule has 182 valence electrons. The standard InChI is InChI=1S/C29H26BrN3O3/c1-2-26-31-25-19-32(29(35)36-23-15-13-22(30)14-16-23)18-17-24(25)28(34)33(26)27(20-9-5-3-6-10-20)21-11-7-4-8-12-21/h3-16,27H,2,17-19H2,1H3. The minimum Gasteiger partial charge on any atom is -0.410 e. The minimum absolute atomic E-state index is 0.0458. The van der Waals surface area contributed by atoms with E-state index in [1.165, 1.54) is 0 Å². The largest absolute Gasteiger partial charge is 0.415 e. The van der Waals surface area contributed by atoms with Gasteiger partial charge in [0.2, 0.25) is 0 Å². The first-order valence-electron chi connectivity index (χ1n) is 12.0. The number of aryl methyl sites for hydroxylation is 1. The van der Waals surface area contributed by atoms with E-state index < -0.39 is 6.09 Å². The summed E-state index contributed by atoms with van der Waals surface area (Å²) in [5, 5.41) is 0. The molecule has 0 unspecified atom stereocenters. The first kappa shape index (κ1) is 24.0. The van der Waals surface area contributed by atoms with Gasteiger partial charge in [-0.1, -0.05) is 83.5 Å². The van der Waals surface area contributed by atoms with Gasteiger partial charge in [0, 0.05) is 23.0 Å². The van der Waals surface area contributed by atoms with Crippen LogP contribution in [0.15, 0.2) is 94.2 Å². The number of fused-ring (bicyclic) bond motifs is 1. The number of rotatable bonds is 5. The first-order valence-corrected chi connectivity index (χ1v) is 12.8. The van der Waals surface area contributed by atoms with E-state index in [9.17, 15) is 9.59 Å². The van der Waals surface area contributed by atoms with Crippen LogP contribution in [-0.2, 0) is 19.4 Å². The Morgan fingerprint density at radius 2 is 1.58 bits per heavy atom. The summed E-state index contributed by atoms with van der Waals surface area (Å²) < 4.78 is 8.28. The number of carbonyl (C=O) groups excluding carboxylic acids is 1. The summed E-state index contributed by atoms with van der Waals surface area (Å²) in [5.41, 5.74) is 3.31. The van der Waals surface area contributed by atoms with Crippen molar-refractivity contribution in [3.63, 3.8) is 0 Å². The Bertz CT molecular complexity index is 1380. The SMILES string of the molecule is CCc1nc2c(c(=O)n1C(c1ccccc1)c1ccccc1)CCN(C(=O)Oc1ccc(Br)cc1)C2. The maximum Gasteiger partial charge on any atom is 0.415 e. The Morgan fingerprint density at radius 3 is 2.17 bits per heavy atom.